The molecule has 0 spiro atoms. The minimum absolute atomic E-state index is 0.0318. The lowest BCUT2D eigenvalue weighted by atomic mass is 10.0. The summed E-state index contributed by atoms with van der Waals surface area (Å²) in [5.74, 6) is -0.165. The van der Waals surface area contributed by atoms with Gasteiger partial charge in [0, 0.05) is 6.04 Å². The second-order valence-electron chi connectivity index (χ2n) is 3.02. The number of hydrogen-bond donors (Lipinski definition) is 1. The Morgan fingerprint density at radius 2 is 2.17 bits per heavy atom. The van der Waals surface area contributed by atoms with E-state index in [1.807, 2.05) is 13.0 Å². The van der Waals surface area contributed by atoms with Gasteiger partial charge in [-0.2, -0.15) is 0 Å². The third kappa shape index (κ3) is 1.83. The maximum Gasteiger partial charge on any atom is 0.126 e. The summed E-state index contributed by atoms with van der Waals surface area (Å²) in [5.41, 5.74) is 7.46. The predicted octanol–water partition coefficient (Wildman–Crippen LogP) is 2.54. The van der Waals surface area contributed by atoms with Crippen molar-refractivity contribution < 1.29 is 4.39 Å². The Balaban J connectivity index is 2.96. The van der Waals surface area contributed by atoms with Crippen molar-refractivity contribution in [1.29, 1.82) is 0 Å². The summed E-state index contributed by atoms with van der Waals surface area (Å²) in [5, 5.41) is 0. The van der Waals surface area contributed by atoms with E-state index in [4.69, 9.17) is 5.73 Å². The van der Waals surface area contributed by atoms with Crippen molar-refractivity contribution in [3.05, 3.63) is 35.1 Å². The minimum atomic E-state index is -0.165. The zero-order valence-corrected chi connectivity index (χ0v) is 7.47. The van der Waals surface area contributed by atoms with E-state index >= 15 is 0 Å². The number of nitrogens with two attached hydrogens (primary N) is 1. The molecule has 1 aromatic carbocycles. The molecule has 1 unspecified atom stereocenters. The molecule has 0 aliphatic carbocycles. The molecule has 0 bridgehead atoms. The first-order valence-electron chi connectivity index (χ1n) is 4.16. The normalized spacial score (nSPS) is 13.0. The van der Waals surface area contributed by atoms with Crippen molar-refractivity contribution in [2.45, 2.75) is 26.3 Å². The van der Waals surface area contributed by atoms with Crippen LogP contribution in [0.1, 0.15) is 30.5 Å². The molecule has 0 saturated heterocycles. The van der Waals surface area contributed by atoms with Gasteiger partial charge in [-0.3, -0.25) is 0 Å². The number of benzene rings is 1. The van der Waals surface area contributed by atoms with Crippen LogP contribution in [0.3, 0.4) is 0 Å². The maximum absolute atomic E-state index is 12.8. The maximum atomic E-state index is 12.8. The van der Waals surface area contributed by atoms with Crippen molar-refractivity contribution >= 4 is 0 Å². The number of hydrogen-bond acceptors (Lipinski definition) is 1. The quantitative estimate of drug-likeness (QED) is 0.719. The molecular weight excluding hydrogens is 153 g/mol. The van der Waals surface area contributed by atoms with Gasteiger partial charge < -0.3 is 5.73 Å². The smallest absolute Gasteiger partial charge is 0.126 e. The lowest BCUT2D eigenvalue weighted by molar-refractivity contribution is 0.614. The highest BCUT2D eigenvalue weighted by Gasteiger charge is 2.04. The van der Waals surface area contributed by atoms with Crippen LogP contribution < -0.4 is 5.73 Å². The van der Waals surface area contributed by atoms with Gasteiger partial charge in [0.1, 0.15) is 5.82 Å². The molecule has 0 aliphatic rings. The summed E-state index contributed by atoms with van der Waals surface area (Å²) in [6.45, 7) is 3.77. The first-order valence-corrected chi connectivity index (χ1v) is 4.16. The van der Waals surface area contributed by atoms with Gasteiger partial charge in [-0.1, -0.05) is 19.1 Å². The highest BCUT2D eigenvalue weighted by molar-refractivity contribution is 5.26. The zero-order chi connectivity index (χ0) is 9.14. The topological polar surface area (TPSA) is 26.0 Å². The summed E-state index contributed by atoms with van der Waals surface area (Å²) in [4.78, 5) is 0. The monoisotopic (exact) mass is 167 g/mol. The standard InChI is InChI=1S/C10H14FN/c1-3-10(12)8-4-5-9(11)7(2)6-8/h4-6,10H,3,12H2,1-2H3. The minimum Gasteiger partial charge on any atom is -0.324 e. The molecule has 2 N–H and O–H groups in total. The molecule has 1 nitrogen and oxygen atoms in total. The van der Waals surface area contributed by atoms with Gasteiger partial charge in [0.15, 0.2) is 0 Å². The van der Waals surface area contributed by atoms with E-state index in [1.54, 1.807) is 13.0 Å². The second kappa shape index (κ2) is 3.68. The average molecular weight is 167 g/mol. The average Bonchev–Trinajstić information content (AvgIpc) is 2.08. The SMILES string of the molecule is CCC(N)c1ccc(F)c(C)c1. The predicted molar refractivity (Wildman–Crippen MR) is 48.4 cm³/mol. The van der Waals surface area contributed by atoms with E-state index in [2.05, 4.69) is 0 Å². The van der Waals surface area contributed by atoms with E-state index in [9.17, 15) is 4.39 Å². The summed E-state index contributed by atoms with van der Waals surface area (Å²) >= 11 is 0. The molecule has 0 aliphatic heterocycles. The Hall–Kier alpha value is -0.890. The second-order valence-corrected chi connectivity index (χ2v) is 3.02. The van der Waals surface area contributed by atoms with Gasteiger partial charge in [-0.05, 0) is 30.5 Å². The van der Waals surface area contributed by atoms with E-state index in [0.717, 1.165) is 12.0 Å². The molecule has 1 aromatic rings. The Bertz CT molecular complexity index is 271. The van der Waals surface area contributed by atoms with Crippen LogP contribution in [0, 0.1) is 12.7 Å². The van der Waals surface area contributed by atoms with E-state index in [0.29, 0.717) is 5.56 Å². The molecule has 0 amide bonds. The Kier molecular flexibility index (Phi) is 2.82. The largest absolute Gasteiger partial charge is 0.324 e. The van der Waals surface area contributed by atoms with Crippen LogP contribution in [-0.4, -0.2) is 0 Å². The summed E-state index contributed by atoms with van der Waals surface area (Å²) in [7, 11) is 0. The van der Waals surface area contributed by atoms with E-state index in [1.165, 1.54) is 6.07 Å². The molecule has 0 radical (unpaired) electrons. The molecule has 0 fully saturated rings. The van der Waals surface area contributed by atoms with Crippen LogP contribution in [0.15, 0.2) is 18.2 Å². The van der Waals surface area contributed by atoms with Crippen molar-refractivity contribution in [2.24, 2.45) is 5.73 Å². The zero-order valence-electron chi connectivity index (χ0n) is 7.47. The fourth-order valence-electron chi connectivity index (χ4n) is 1.13. The highest BCUT2D eigenvalue weighted by atomic mass is 19.1. The summed E-state index contributed by atoms with van der Waals surface area (Å²) in [6.07, 6.45) is 0.880. The van der Waals surface area contributed by atoms with Gasteiger partial charge in [0.2, 0.25) is 0 Å². The van der Waals surface area contributed by atoms with Crippen molar-refractivity contribution in [3.63, 3.8) is 0 Å². The lowest BCUT2D eigenvalue weighted by Crippen LogP contribution is -2.08. The third-order valence-corrected chi connectivity index (χ3v) is 2.05. The molecule has 0 aromatic heterocycles. The molecule has 1 atom stereocenters. The Morgan fingerprint density at radius 3 is 2.67 bits per heavy atom. The van der Waals surface area contributed by atoms with Gasteiger partial charge in [-0.15, -0.1) is 0 Å². The van der Waals surface area contributed by atoms with Crippen LogP contribution in [0.4, 0.5) is 4.39 Å². The van der Waals surface area contributed by atoms with Crippen molar-refractivity contribution in [2.75, 3.05) is 0 Å². The van der Waals surface area contributed by atoms with Gasteiger partial charge >= 0.3 is 0 Å². The Labute approximate surface area is 72.4 Å². The molecule has 2 heteroatoms. The molecule has 0 heterocycles. The van der Waals surface area contributed by atoms with Gasteiger partial charge in [0.25, 0.3) is 0 Å². The fourth-order valence-corrected chi connectivity index (χ4v) is 1.13. The molecule has 66 valence electrons. The number of halogens is 1. The first-order chi connectivity index (χ1) is 5.65. The van der Waals surface area contributed by atoms with Crippen LogP contribution in [0.5, 0.6) is 0 Å². The Morgan fingerprint density at radius 1 is 1.50 bits per heavy atom. The van der Waals surface area contributed by atoms with Crippen LogP contribution in [0.25, 0.3) is 0 Å². The number of rotatable bonds is 2. The van der Waals surface area contributed by atoms with Crippen molar-refractivity contribution in [1.82, 2.24) is 0 Å². The summed E-state index contributed by atoms with van der Waals surface area (Å²) < 4.78 is 12.8. The van der Waals surface area contributed by atoms with E-state index in [-0.39, 0.29) is 11.9 Å². The molecule has 1 rings (SSSR count). The molecule has 0 saturated carbocycles. The van der Waals surface area contributed by atoms with Crippen LogP contribution in [-0.2, 0) is 0 Å². The molecular formula is C10H14FN. The van der Waals surface area contributed by atoms with Crippen LogP contribution >= 0.6 is 0 Å². The fraction of sp³-hybridized carbons (Fsp3) is 0.400. The number of aryl methyl sites for hydroxylation is 1. The van der Waals surface area contributed by atoms with Crippen molar-refractivity contribution in [3.8, 4) is 0 Å². The van der Waals surface area contributed by atoms with Crippen LogP contribution in [0.2, 0.25) is 0 Å². The first kappa shape index (κ1) is 9.20. The lowest BCUT2D eigenvalue weighted by Gasteiger charge is -2.09. The van der Waals surface area contributed by atoms with Gasteiger partial charge in [0.05, 0.1) is 0 Å². The summed E-state index contributed by atoms with van der Waals surface area (Å²) in [6, 6.07) is 5.06. The highest BCUT2D eigenvalue weighted by Crippen LogP contribution is 2.16. The molecule has 12 heavy (non-hydrogen) atoms. The van der Waals surface area contributed by atoms with Gasteiger partial charge in [-0.25, -0.2) is 4.39 Å². The third-order valence-electron chi connectivity index (χ3n) is 2.05. The van der Waals surface area contributed by atoms with E-state index < -0.39 is 0 Å².